The Morgan fingerprint density at radius 2 is 1.95 bits per heavy atom. The molecule has 1 aromatic rings. The Morgan fingerprint density at radius 3 is 2.52 bits per heavy atom. The minimum absolute atomic E-state index is 0.0749. The summed E-state index contributed by atoms with van der Waals surface area (Å²) in [5, 5.41) is 9.93. The maximum atomic E-state index is 12.7. The molecule has 0 unspecified atom stereocenters. The number of aliphatic hydroxyl groups excluding tert-OH is 1. The Labute approximate surface area is 130 Å². The number of benzene rings is 1. The van der Waals surface area contributed by atoms with Gasteiger partial charge in [0.1, 0.15) is 0 Å². The van der Waals surface area contributed by atoms with Crippen LogP contribution in [-0.4, -0.2) is 25.7 Å². The summed E-state index contributed by atoms with van der Waals surface area (Å²) in [5.74, 6) is 0. The van der Waals surface area contributed by atoms with Crippen molar-refractivity contribution in [1.82, 2.24) is 4.72 Å². The van der Waals surface area contributed by atoms with Crippen LogP contribution in [0.1, 0.15) is 37.7 Å². The molecule has 0 radical (unpaired) electrons. The van der Waals surface area contributed by atoms with E-state index in [1.165, 1.54) is 12.1 Å². The number of nitrogens with one attached hydrogen (secondary N) is 1. The third-order valence-electron chi connectivity index (χ3n) is 4.12. The fourth-order valence-corrected chi connectivity index (χ4v) is 4.86. The summed E-state index contributed by atoms with van der Waals surface area (Å²) in [4.78, 5) is 0.0749. The minimum Gasteiger partial charge on any atom is -0.398 e. The van der Waals surface area contributed by atoms with E-state index in [1.54, 1.807) is 6.92 Å². The molecule has 1 aliphatic carbocycles. The summed E-state index contributed by atoms with van der Waals surface area (Å²) in [6, 6.07) is 2.92. The lowest BCUT2D eigenvalue weighted by atomic mass is 9.83. The molecule has 21 heavy (non-hydrogen) atoms. The van der Waals surface area contributed by atoms with Gasteiger partial charge in [0, 0.05) is 10.7 Å². The van der Waals surface area contributed by atoms with E-state index in [9.17, 15) is 13.5 Å². The predicted octanol–water partition coefficient (Wildman–Crippen LogP) is 2.20. The first-order valence-corrected chi connectivity index (χ1v) is 8.86. The summed E-state index contributed by atoms with van der Waals surface area (Å²) >= 11 is 5.92. The first-order valence-electron chi connectivity index (χ1n) is 7.00. The first kappa shape index (κ1) is 16.5. The summed E-state index contributed by atoms with van der Waals surface area (Å²) in [6.07, 6.45) is 4.14. The molecular weight excluding hydrogens is 312 g/mol. The van der Waals surface area contributed by atoms with Gasteiger partial charge in [-0.2, -0.15) is 0 Å². The molecule has 2 rings (SSSR count). The molecule has 0 amide bonds. The van der Waals surface area contributed by atoms with Crippen LogP contribution < -0.4 is 10.5 Å². The Bertz CT molecular complexity index is 625. The normalized spacial score (nSPS) is 18.6. The quantitative estimate of drug-likeness (QED) is 0.737. The van der Waals surface area contributed by atoms with Crippen molar-refractivity contribution in [2.24, 2.45) is 0 Å². The Kier molecular flexibility index (Phi) is 4.82. The van der Waals surface area contributed by atoms with Crippen molar-refractivity contribution in [2.45, 2.75) is 49.5 Å². The molecule has 1 aromatic carbocycles. The van der Waals surface area contributed by atoms with E-state index < -0.39 is 15.6 Å². The summed E-state index contributed by atoms with van der Waals surface area (Å²) in [6.45, 7) is 1.44. The maximum absolute atomic E-state index is 12.7. The minimum atomic E-state index is -3.78. The average Bonchev–Trinajstić information content (AvgIpc) is 2.43. The van der Waals surface area contributed by atoms with Gasteiger partial charge in [-0.3, -0.25) is 0 Å². The van der Waals surface area contributed by atoms with Crippen molar-refractivity contribution in [3.05, 3.63) is 22.7 Å². The molecule has 0 saturated heterocycles. The second kappa shape index (κ2) is 6.12. The van der Waals surface area contributed by atoms with Crippen molar-refractivity contribution in [2.75, 3.05) is 12.3 Å². The summed E-state index contributed by atoms with van der Waals surface area (Å²) in [7, 11) is -3.78. The zero-order chi connectivity index (χ0) is 15.7. The Morgan fingerprint density at radius 1 is 1.33 bits per heavy atom. The van der Waals surface area contributed by atoms with Crippen molar-refractivity contribution in [3.8, 4) is 0 Å². The van der Waals surface area contributed by atoms with Gasteiger partial charge in [-0.15, -0.1) is 0 Å². The number of aliphatic hydroxyl groups is 1. The van der Waals surface area contributed by atoms with Gasteiger partial charge in [-0.1, -0.05) is 30.9 Å². The lowest BCUT2D eigenvalue weighted by Crippen LogP contribution is -2.52. The number of anilines is 1. The topological polar surface area (TPSA) is 92.4 Å². The number of hydrogen-bond acceptors (Lipinski definition) is 4. The highest BCUT2D eigenvalue weighted by atomic mass is 35.5. The Balaban J connectivity index is 2.38. The molecule has 7 heteroatoms. The predicted molar refractivity (Wildman–Crippen MR) is 83.8 cm³/mol. The molecule has 0 aromatic heterocycles. The van der Waals surface area contributed by atoms with Crippen LogP contribution in [0.3, 0.4) is 0 Å². The van der Waals surface area contributed by atoms with Crippen LogP contribution in [0, 0.1) is 6.92 Å². The first-order chi connectivity index (χ1) is 9.80. The number of rotatable bonds is 4. The van der Waals surface area contributed by atoms with Crippen LogP contribution in [0.25, 0.3) is 0 Å². The lowest BCUT2D eigenvalue weighted by Gasteiger charge is -2.36. The highest BCUT2D eigenvalue weighted by molar-refractivity contribution is 7.89. The highest BCUT2D eigenvalue weighted by Gasteiger charge is 2.36. The third-order valence-corrected chi connectivity index (χ3v) is 6.04. The van der Waals surface area contributed by atoms with Crippen LogP contribution in [-0.2, 0) is 10.0 Å². The number of hydrogen-bond donors (Lipinski definition) is 3. The van der Waals surface area contributed by atoms with Crippen LogP contribution in [0.15, 0.2) is 17.0 Å². The van der Waals surface area contributed by atoms with E-state index in [4.69, 9.17) is 17.3 Å². The zero-order valence-corrected chi connectivity index (χ0v) is 13.6. The number of nitrogens with two attached hydrogens (primary N) is 1. The summed E-state index contributed by atoms with van der Waals surface area (Å²) < 4.78 is 28.0. The van der Waals surface area contributed by atoms with Gasteiger partial charge < -0.3 is 10.8 Å². The van der Waals surface area contributed by atoms with Gasteiger partial charge in [-0.25, -0.2) is 13.1 Å². The van der Waals surface area contributed by atoms with Crippen LogP contribution in [0.4, 0.5) is 5.69 Å². The SMILES string of the molecule is Cc1c(N)cc(Cl)cc1S(=O)(=O)NC1(CO)CCCCC1. The van der Waals surface area contributed by atoms with Gasteiger partial charge in [0.05, 0.1) is 17.0 Å². The molecule has 1 aliphatic rings. The lowest BCUT2D eigenvalue weighted by molar-refractivity contribution is 0.142. The van der Waals surface area contributed by atoms with Gasteiger partial charge in [0.15, 0.2) is 0 Å². The van der Waals surface area contributed by atoms with E-state index in [2.05, 4.69) is 4.72 Å². The second-order valence-electron chi connectivity index (χ2n) is 5.72. The number of sulfonamides is 1. The molecular formula is C14H21ClN2O3S. The number of halogens is 1. The molecule has 0 bridgehead atoms. The number of nitrogen functional groups attached to an aromatic ring is 1. The molecule has 1 fully saturated rings. The van der Waals surface area contributed by atoms with Gasteiger partial charge >= 0.3 is 0 Å². The second-order valence-corrected chi connectivity index (χ2v) is 7.81. The molecule has 4 N–H and O–H groups in total. The van der Waals surface area contributed by atoms with E-state index in [0.29, 0.717) is 24.1 Å². The van der Waals surface area contributed by atoms with Crippen LogP contribution in [0.5, 0.6) is 0 Å². The monoisotopic (exact) mass is 332 g/mol. The fraction of sp³-hybridized carbons (Fsp3) is 0.571. The average molecular weight is 333 g/mol. The molecule has 0 heterocycles. The van der Waals surface area contributed by atoms with Gasteiger partial charge in [-0.05, 0) is 37.5 Å². The molecule has 118 valence electrons. The Hall–Kier alpha value is -0.820. The van der Waals surface area contributed by atoms with Gasteiger partial charge in [0.2, 0.25) is 10.0 Å². The van der Waals surface area contributed by atoms with E-state index in [1.807, 2.05) is 0 Å². The fourth-order valence-electron chi connectivity index (χ4n) is 2.81. The molecule has 0 atom stereocenters. The van der Waals surface area contributed by atoms with Crippen LogP contribution >= 0.6 is 11.6 Å². The molecule has 0 spiro atoms. The van der Waals surface area contributed by atoms with E-state index >= 15 is 0 Å². The van der Waals surface area contributed by atoms with E-state index in [0.717, 1.165) is 19.3 Å². The highest BCUT2D eigenvalue weighted by Crippen LogP contribution is 2.31. The van der Waals surface area contributed by atoms with Crippen molar-refractivity contribution in [3.63, 3.8) is 0 Å². The third kappa shape index (κ3) is 3.51. The van der Waals surface area contributed by atoms with Gasteiger partial charge in [0.25, 0.3) is 0 Å². The zero-order valence-electron chi connectivity index (χ0n) is 12.0. The molecule has 0 aliphatic heterocycles. The smallest absolute Gasteiger partial charge is 0.241 e. The maximum Gasteiger partial charge on any atom is 0.241 e. The molecule has 1 saturated carbocycles. The largest absolute Gasteiger partial charge is 0.398 e. The van der Waals surface area contributed by atoms with Crippen LogP contribution in [0.2, 0.25) is 5.02 Å². The van der Waals surface area contributed by atoms with Crippen molar-refractivity contribution >= 4 is 27.3 Å². The molecule has 5 nitrogen and oxygen atoms in total. The van der Waals surface area contributed by atoms with E-state index in [-0.39, 0.29) is 16.5 Å². The van der Waals surface area contributed by atoms with Crippen molar-refractivity contribution < 1.29 is 13.5 Å². The van der Waals surface area contributed by atoms with Crippen molar-refractivity contribution in [1.29, 1.82) is 0 Å². The summed E-state index contributed by atoms with van der Waals surface area (Å²) in [5.41, 5.74) is 5.82. The standard InChI is InChI=1S/C14H21ClN2O3S/c1-10-12(16)7-11(15)8-13(10)21(19,20)17-14(9-18)5-3-2-4-6-14/h7-8,17-18H,2-6,9,16H2,1H3.